The van der Waals surface area contributed by atoms with Gasteiger partial charge in [0.05, 0.1) is 29.8 Å². The molecule has 2 aromatic carbocycles. The first-order valence-corrected chi connectivity index (χ1v) is 10.9. The first kappa shape index (κ1) is 19.9. The minimum absolute atomic E-state index is 0.0593. The number of ketones is 1. The molecule has 0 atom stereocenters. The monoisotopic (exact) mass is 408 g/mol. The van der Waals surface area contributed by atoms with Crippen LogP contribution < -0.4 is 5.56 Å². The van der Waals surface area contributed by atoms with Gasteiger partial charge in [0.1, 0.15) is 0 Å². The van der Waals surface area contributed by atoms with Crippen LogP contribution in [0.2, 0.25) is 0 Å². The van der Waals surface area contributed by atoms with Gasteiger partial charge in [-0.3, -0.25) is 14.2 Å². The number of methoxy groups -OCH3 is 1. The fourth-order valence-corrected chi connectivity index (χ4v) is 4.68. The summed E-state index contributed by atoms with van der Waals surface area (Å²) in [6.07, 6.45) is 4.56. The second-order valence-electron chi connectivity index (χ2n) is 7.26. The standard InChI is InChI=1S/C23H24N2O3S/c1-28-13-12-25-22(27)19-8-4-5-9-20(19)24-23(25)29-15-21(26)18-11-10-16-6-2-3-7-17(16)14-18/h4-5,8-11,14H,2-3,6-7,12-13,15H2,1H3. The number of carbonyl (C=O) groups excluding carboxylic acids is 1. The van der Waals surface area contributed by atoms with Crippen molar-refractivity contribution in [1.29, 1.82) is 0 Å². The van der Waals surface area contributed by atoms with Crippen LogP contribution in [0.1, 0.15) is 34.3 Å². The molecule has 6 heteroatoms. The van der Waals surface area contributed by atoms with E-state index in [4.69, 9.17) is 4.74 Å². The quantitative estimate of drug-likeness (QED) is 0.337. The molecule has 0 fully saturated rings. The molecule has 1 aromatic heterocycles. The van der Waals surface area contributed by atoms with Crippen molar-refractivity contribution >= 4 is 28.4 Å². The van der Waals surface area contributed by atoms with Gasteiger partial charge in [0.15, 0.2) is 10.9 Å². The number of Topliss-reactive ketones (excluding diaryl/α,β-unsaturated/α-hetero) is 1. The highest BCUT2D eigenvalue weighted by Crippen LogP contribution is 2.24. The number of thioether (sulfide) groups is 1. The van der Waals surface area contributed by atoms with E-state index in [9.17, 15) is 9.59 Å². The van der Waals surface area contributed by atoms with Crippen LogP contribution in [0.4, 0.5) is 0 Å². The van der Waals surface area contributed by atoms with E-state index in [-0.39, 0.29) is 17.1 Å². The summed E-state index contributed by atoms with van der Waals surface area (Å²) >= 11 is 1.31. The fourth-order valence-electron chi connectivity index (χ4n) is 3.76. The van der Waals surface area contributed by atoms with Crippen molar-refractivity contribution in [3.05, 3.63) is 69.5 Å². The van der Waals surface area contributed by atoms with Gasteiger partial charge in [0.25, 0.3) is 5.56 Å². The molecule has 0 amide bonds. The summed E-state index contributed by atoms with van der Waals surface area (Å²) < 4.78 is 6.76. The molecule has 4 rings (SSSR count). The lowest BCUT2D eigenvalue weighted by molar-refractivity contribution is 0.102. The summed E-state index contributed by atoms with van der Waals surface area (Å²) in [6, 6.07) is 13.4. The highest BCUT2D eigenvalue weighted by atomic mass is 32.2. The zero-order valence-electron chi connectivity index (χ0n) is 16.5. The number of hydrogen-bond donors (Lipinski definition) is 0. The molecule has 1 aliphatic rings. The number of hydrogen-bond acceptors (Lipinski definition) is 5. The van der Waals surface area contributed by atoms with Crippen LogP contribution in [0.15, 0.2) is 52.4 Å². The van der Waals surface area contributed by atoms with Gasteiger partial charge in [-0.05, 0) is 55.0 Å². The third-order valence-electron chi connectivity index (χ3n) is 5.35. The Labute approximate surface area is 174 Å². The average Bonchev–Trinajstić information content (AvgIpc) is 2.76. The Balaban J connectivity index is 1.58. The van der Waals surface area contributed by atoms with E-state index in [1.165, 1.54) is 35.7 Å². The van der Waals surface area contributed by atoms with Crippen LogP contribution in [0.5, 0.6) is 0 Å². The molecule has 1 aliphatic carbocycles. The van der Waals surface area contributed by atoms with Crippen LogP contribution in [-0.4, -0.2) is 34.8 Å². The summed E-state index contributed by atoms with van der Waals surface area (Å²) in [4.78, 5) is 30.4. The largest absolute Gasteiger partial charge is 0.383 e. The molecule has 0 N–H and O–H groups in total. The van der Waals surface area contributed by atoms with Crippen molar-refractivity contribution in [2.24, 2.45) is 0 Å². The smallest absolute Gasteiger partial charge is 0.262 e. The van der Waals surface area contributed by atoms with Crippen molar-refractivity contribution < 1.29 is 9.53 Å². The highest BCUT2D eigenvalue weighted by Gasteiger charge is 2.16. The van der Waals surface area contributed by atoms with E-state index in [0.29, 0.717) is 29.2 Å². The average molecular weight is 409 g/mol. The van der Waals surface area contributed by atoms with E-state index in [1.807, 2.05) is 30.3 Å². The molecule has 0 radical (unpaired) electrons. The maximum Gasteiger partial charge on any atom is 0.262 e. The molecule has 29 heavy (non-hydrogen) atoms. The lowest BCUT2D eigenvalue weighted by Gasteiger charge is -2.16. The molecule has 3 aromatic rings. The first-order valence-electron chi connectivity index (χ1n) is 9.93. The summed E-state index contributed by atoms with van der Waals surface area (Å²) in [5.41, 5.74) is 3.95. The first-order chi connectivity index (χ1) is 14.2. The zero-order valence-corrected chi connectivity index (χ0v) is 17.3. The Morgan fingerprint density at radius 3 is 2.76 bits per heavy atom. The number of benzene rings is 2. The van der Waals surface area contributed by atoms with Gasteiger partial charge in [-0.1, -0.05) is 36.0 Å². The molecule has 0 spiro atoms. The van der Waals surface area contributed by atoms with E-state index in [1.54, 1.807) is 17.7 Å². The molecule has 0 saturated carbocycles. The molecule has 0 bridgehead atoms. The van der Waals surface area contributed by atoms with Gasteiger partial charge in [-0.2, -0.15) is 0 Å². The van der Waals surface area contributed by atoms with Crippen molar-refractivity contribution in [2.75, 3.05) is 19.5 Å². The Hall–Kier alpha value is -2.44. The Morgan fingerprint density at radius 2 is 1.93 bits per heavy atom. The Morgan fingerprint density at radius 1 is 1.14 bits per heavy atom. The maximum atomic E-state index is 12.9. The van der Waals surface area contributed by atoms with Gasteiger partial charge >= 0.3 is 0 Å². The predicted octanol–water partition coefficient (Wildman–Crippen LogP) is 3.90. The molecule has 1 heterocycles. The number of aryl methyl sites for hydroxylation is 2. The molecular formula is C23H24N2O3S. The van der Waals surface area contributed by atoms with Crippen molar-refractivity contribution in [1.82, 2.24) is 9.55 Å². The second kappa shape index (κ2) is 8.93. The van der Waals surface area contributed by atoms with Crippen LogP contribution in [-0.2, 0) is 24.1 Å². The van der Waals surface area contributed by atoms with Crippen LogP contribution in [0.25, 0.3) is 10.9 Å². The molecule has 0 saturated heterocycles. The highest BCUT2D eigenvalue weighted by molar-refractivity contribution is 7.99. The molecule has 0 unspecified atom stereocenters. The zero-order chi connectivity index (χ0) is 20.2. The maximum absolute atomic E-state index is 12.9. The number of para-hydroxylation sites is 1. The van der Waals surface area contributed by atoms with E-state index in [0.717, 1.165) is 18.4 Å². The van der Waals surface area contributed by atoms with E-state index < -0.39 is 0 Å². The molecule has 150 valence electrons. The fraction of sp³-hybridized carbons (Fsp3) is 0.348. The minimum Gasteiger partial charge on any atom is -0.383 e. The second-order valence-corrected chi connectivity index (χ2v) is 8.21. The lowest BCUT2D eigenvalue weighted by atomic mass is 9.90. The Bertz CT molecular complexity index is 1110. The number of ether oxygens (including phenoxy) is 1. The number of fused-ring (bicyclic) bond motifs is 2. The summed E-state index contributed by atoms with van der Waals surface area (Å²) in [6.45, 7) is 0.814. The number of aromatic nitrogens is 2. The van der Waals surface area contributed by atoms with Gasteiger partial charge in [-0.15, -0.1) is 0 Å². The Kier molecular flexibility index (Phi) is 6.11. The summed E-state index contributed by atoms with van der Waals surface area (Å²) in [5.74, 6) is 0.306. The number of nitrogens with zero attached hydrogens (tertiary/aromatic N) is 2. The van der Waals surface area contributed by atoms with E-state index >= 15 is 0 Å². The predicted molar refractivity (Wildman–Crippen MR) is 116 cm³/mol. The number of rotatable bonds is 7. The van der Waals surface area contributed by atoms with Gasteiger partial charge < -0.3 is 4.74 Å². The third-order valence-corrected chi connectivity index (χ3v) is 6.32. The molecule has 0 aliphatic heterocycles. The SMILES string of the molecule is COCCn1c(SCC(=O)c2ccc3c(c2)CCCC3)nc2ccccc2c1=O. The third kappa shape index (κ3) is 4.28. The number of carbonyl (C=O) groups is 1. The van der Waals surface area contributed by atoms with Gasteiger partial charge in [0, 0.05) is 12.7 Å². The molecule has 5 nitrogen and oxygen atoms in total. The van der Waals surface area contributed by atoms with Crippen molar-refractivity contribution in [3.63, 3.8) is 0 Å². The summed E-state index contributed by atoms with van der Waals surface area (Å²) in [5, 5.41) is 1.13. The lowest BCUT2D eigenvalue weighted by Crippen LogP contribution is -2.25. The van der Waals surface area contributed by atoms with Crippen LogP contribution in [0, 0.1) is 0 Å². The van der Waals surface area contributed by atoms with E-state index in [2.05, 4.69) is 11.1 Å². The molecular weight excluding hydrogens is 384 g/mol. The topological polar surface area (TPSA) is 61.2 Å². The minimum atomic E-state index is -0.101. The van der Waals surface area contributed by atoms with Crippen molar-refractivity contribution in [2.45, 2.75) is 37.4 Å². The van der Waals surface area contributed by atoms with Crippen molar-refractivity contribution in [3.8, 4) is 0 Å². The normalized spacial score (nSPS) is 13.4. The summed E-state index contributed by atoms with van der Waals surface area (Å²) in [7, 11) is 1.60. The van der Waals surface area contributed by atoms with Gasteiger partial charge in [0.2, 0.25) is 0 Å². The van der Waals surface area contributed by atoms with Gasteiger partial charge in [-0.25, -0.2) is 4.98 Å². The van der Waals surface area contributed by atoms with Crippen LogP contribution in [0.3, 0.4) is 0 Å². The van der Waals surface area contributed by atoms with Crippen LogP contribution >= 0.6 is 11.8 Å².